The SMILES string of the molecule is [N-]=[N+]=N[C@H]1[C@H](O)[C@H](COCc2ccccc2)[C@]2(COCc3ccccc3)C[C@H]12. The molecular formula is C22H25N3O3. The highest BCUT2D eigenvalue weighted by atomic mass is 16.5. The molecule has 2 aliphatic carbocycles. The Morgan fingerprint density at radius 2 is 1.61 bits per heavy atom. The van der Waals surface area contributed by atoms with Gasteiger partial charge in [-0.1, -0.05) is 65.8 Å². The van der Waals surface area contributed by atoms with E-state index in [-0.39, 0.29) is 17.3 Å². The molecule has 0 amide bonds. The van der Waals surface area contributed by atoms with Crippen LogP contribution in [0.15, 0.2) is 65.8 Å². The van der Waals surface area contributed by atoms with E-state index in [4.69, 9.17) is 15.0 Å². The van der Waals surface area contributed by atoms with Crippen molar-refractivity contribution in [1.82, 2.24) is 0 Å². The van der Waals surface area contributed by atoms with Gasteiger partial charge in [-0.25, -0.2) is 0 Å². The fourth-order valence-corrected chi connectivity index (χ4v) is 4.61. The summed E-state index contributed by atoms with van der Waals surface area (Å²) in [7, 11) is 0. The molecule has 146 valence electrons. The third-order valence-corrected chi connectivity index (χ3v) is 6.17. The van der Waals surface area contributed by atoms with Crippen LogP contribution in [-0.4, -0.2) is 30.5 Å². The molecule has 0 spiro atoms. The average molecular weight is 379 g/mol. The van der Waals surface area contributed by atoms with E-state index in [0.717, 1.165) is 17.5 Å². The Labute approximate surface area is 164 Å². The number of ether oxygens (including phenoxy) is 2. The van der Waals surface area contributed by atoms with Crippen molar-refractivity contribution in [2.45, 2.75) is 31.8 Å². The molecular weight excluding hydrogens is 354 g/mol. The minimum atomic E-state index is -0.689. The highest BCUT2D eigenvalue weighted by Gasteiger charge is 2.70. The largest absolute Gasteiger partial charge is 0.392 e. The van der Waals surface area contributed by atoms with Crippen LogP contribution < -0.4 is 0 Å². The van der Waals surface area contributed by atoms with Gasteiger partial charge in [0, 0.05) is 16.2 Å². The molecule has 0 bridgehead atoms. The summed E-state index contributed by atoms with van der Waals surface area (Å²) in [6, 6.07) is 19.6. The third kappa shape index (κ3) is 3.77. The van der Waals surface area contributed by atoms with Crippen LogP contribution >= 0.6 is 0 Å². The summed E-state index contributed by atoms with van der Waals surface area (Å²) in [5.74, 6) is 0.0759. The zero-order valence-corrected chi connectivity index (χ0v) is 15.7. The molecule has 0 unspecified atom stereocenters. The third-order valence-electron chi connectivity index (χ3n) is 6.17. The van der Waals surface area contributed by atoms with Crippen molar-refractivity contribution in [2.24, 2.45) is 22.4 Å². The smallest absolute Gasteiger partial charge is 0.0717 e. The second kappa shape index (κ2) is 8.33. The van der Waals surface area contributed by atoms with E-state index in [0.29, 0.717) is 26.4 Å². The molecule has 28 heavy (non-hydrogen) atoms. The van der Waals surface area contributed by atoms with Gasteiger partial charge < -0.3 is 14.6 Å². The Kier molecular flexibility index (Phi) is 5.64. The number of hydrogen-bond acceptors (Lipinski definition) is 4. The van der Waals surface area contributed by atoms with Crippen LogP contribution in [0.4, 0.5) is 0 Å². The molecule has 6 nitrogen and oxygen atoms in total. The molecule has 2 aliphatic rings. The first-order valence-electron chi connectivity index (χ1n) is 9.70. The molecule has 2 fully saturated rings. The lowest BCUT2D eigenvalue weighted by Gasteiger charge is -2.27. The van der Waals surface area contributed by atoms with Gasteiger partial charge in [0.15, 0.2) is 0 Å². The molecule has 0 aliphatic heterocycles. The highest BCUT2D eigenvalue weighted by molar-refractivity contribution is 5.21. The molecule has 0 heterocycles. The van der Waals surface area contributed by atoms with E-state index in [1.165, 1.54) is 0 Å². The summed E-state index contributed by atoms with van der Waals surface area (Å²) in [5.41, 5.74) is 10.9. The highest BCUT2D eigenvalue weighted by Crippen LogP contribution is 2.67. The minimum Gasteiger partial charge on any atom is -0.392 e. The van der Waals surface area contributed by atoms with Gasteiger partial charge in [-0.15, -0.1) is 0 Å². The van der Waals surface area contributed by atoms with Gasteiger partial charge in [0.05, 0.1) is 38.6 Å². The fraction of sp³-hybridized carbons (Fsp3) is 0.455. The quantitative estimate of drug-likeness (QED) is 0.404. The van der Waals surface area contributed by atoms with Crippen LogP contribution in [0, 0.1) is 17.3 Å². The van der Waals surface area contributed by atoms with E-state index in [2.05, 4.69) is 10.0 Å². The van der Waals surface area contributed by atoms with E-state index < -0.39 is 12.1 Å². The normalized spacial score (nSPS) is 30.5. The number of nitrogens with zero attached hydrogens (tertiary/aromatic N) is 3. The summed E-state index contributed by atoms with van der Waals surface area (Å²) in [4.78, 5) is 2.95. The van der Waals surface area contributed by atoms with Gasteiger partial charge in [-0.3, -0.25) is 0 Å². The van der Waals surface area contributed by atoms with Crippen LogP contribution in [0.5, 0.6) is 0 Å². The van der Waals surface area contributed by atoms with E-state index in [9.17, 15) is 5.11 Å². The Hall–Kier alpha value is -2.37. The molecule has 0 aromatic heterocycles. The van der Waals surface area contributed by atoms with Crippen molar-refractivity contribution >= 4 is 0 Å². The van der Waals surface area contributed by atoms with Crippen molar-refractivity contribution in [3.8, 4) is 0 Å². The summed E-state index contributed by atoms with van der Waals surface area (Å²) in [6.07, 6.45) is 0.216. The van der Waals surface area contributed by atoms with Crippen LogP contribution in [0.1, 0.15) is 17.5 Å². The summed E-state index contributed by atoms with van der Waals surface area (Å²) < 4.78 is 12.0. The molecule has 5 atom stereocenters. The second-order valence-corrected chi connectivity index (χ2v) is 7.82. The maximum atomic E-state index is 10.8. The predicted octanol–water partition coefficient (Wildman–Crippen LogP) is 4.10. The topological polar surface area (TPSA) is 87.5 Å². The second-order valence-electron chi connectivity index (χ2n) is 7.82. The first kappa shape index (κ1) is 19.0. The Bertz CT molecular complexity index is 823. The summed E-state index contributed by atoms with van der Waals surface area (Å²) >= 11 is 0. The molecule has 1 N–H and O–H groups in total. The predicted molar refractivity (Wildman–Crippen MR) is 105 cm³/mol. The van der Waals surface area contributed by atoms with Crippen LogP contribution in [0.2, 0.25) is 0 Å². The summed E-state index contributed by atoms with van der Waals surface area (Å²) in [6.45, 7) is 2.01. The lowest BCUT2D eigenvalue weighted by Crippen LogP contribution is -2.35. The minimum absolute atomic E-state index is 0.0903. The van der Waals surface area contributed by atoms with Gasteiger partial charge in [0.25, 0.3) is 0 Å². The maximum Gasteiger partial charge on any atom is 0.0717 e. The molecule has 0 saturated heterocycles. The van der Waals surface area contributed by atoms with Crippen molar-refractivity contribution < 1.29 is 14.6 Å². The molecule has 2 aromatic carbocycles. The molecule has 4 rings (SSSR count). The van der Waals surface area contributed by atoms with Crippen LogP contribution in [0.3, 0.4) is 0 Å². The fourth-order valence-electron chi connectivity index (χ4n) is 4.61. The van der Waals surface area contributed by atoms with Gasteiger partial charge in [-0.2, -0.15) is 0 Å². The molecule has 2 saturated carbocycles. The van der Waals surface area contributed by atoms with Gasteiger partial charge in [0.1, 0.15) is 0 Å². The van der Waals surface area contributed by atoms with Crippen molar-refractivity contribution in [2.75, 3.05) is 13.2 Å². The van der Waals surface area contributed by atoms with Gasteiger partial charge in [-0.05, 0) is 29.0 Å². The Morgan fingerprint density at radius 1 is 1.00 bits per heavy atom. The van der Waals surface area contributed by atoms with E-state index >= 15 is 0 Å². The van der Waals surface area contributed by atoms with E-state index in [1.807, 2.05) is 60.7 Å². The lowest BCUT2D eigenvalue weighted by molar-refractivity contribution is -0.0262. The lowest BCUT2D eigenvalue weighted by atomic mass is 9.89. The van der Waals surface area contributed by atoms with Crippen LogP contribution in [0.25, 0.3) is 10.4 Å². The number of aliphatic hydroxyl groups is 1. The number of hydrogen-bond donors (Lipinski definition) is 1. The van der Waals surface area contributed by atoms with Gasteiger partial charge >= 0.3 is 0 Å². The maximum absolute atomic E-state index is 10.8. The van der Waals surface area contributed by atoms with Crippen molar-refractivity contribution in [1.29, 1.82) is 0 Å². The first-order chi connectivity index (χ1) is 13.7. The summed E-state index contributed by atoms with van der Waals surface area (Å²) in [5, 5.41) is 14.6. The molecule has 0 radical (unpaired) electrons. The number of rotatable bonds is 9. The van der Waals surface area contributed by atoms with Gasteiger partial charge in [0.2, 0.25) is 0 Å². The molecule has 6 heteroatoms. The number of aliphatic hydroxyl groups excluding tert-OH is 1. The van der Waals surface area contributed by atoms with Crippen LogP contribution in [-0.2, 0) is 22.7 Å². The zero-order chi connectivity index (χ0) is 19.4. The standard InChI is InChI=1S/C22H25N3O3/c23-25-24-20-18-11-22(18,15-28-13-17-9-5-2-6-10-17)19(21(20)26)14-27-12-16-7-3-1-4-8-16/h1-10,18-21,26H,11-15H2/t18-,19+,20-,21-,22+/m1/s1. The zero-order valence-electron chi connectivity index (χ0n) is 15.7. The van der Waals surface area contributed by atoms with Crippen molar-refractivity contribution in [3.05, 3.63) is 82.2 Å². The Morgan fingerprint density at radius 3 is 2.21 bits per heavy atom. The monoisotopic (exact) mass is 379 g/mol. The average Bonchev–Trinajstić information content (AvgIpc) is 3.40. The van der Waals surface area contributed by atoms with E-state index in [1.54, 1.807) is 0 Å². The Balaban J connectivity index is 1.39. The number of benzene rings is 2. The number of fused-ring (bicyclic) bond motifs is 1. The first-order valence-corrected chi connectivity index (χ1v) is 9.70. The molecule has 2 aromatic rings. The number of azide groups is 1. The van der Waals surface area contributed by atoms with Crippen molar-refractivity contribution in [3.63, 3.8) is 0 Å².